The molecule has 0 spiro atoms. The van der Waals surface area contributed by atoms with E-state index < -0.39 is 0 Å². The molecule has 1 heterocycles. The maximum Gasteiger partial charge on any atom is 0.0105 e. The van der Waals surface area contributed by atoms with Crippen molar-refractivity contribution in [3.05, 3.63) is 0 Å². The van der Waals surface area contributed by atoms with Gasteiger partial charge in [-0.25, -0.2) is 0 Å². The quantitative estimate of drug-likeness (QED) is 0.659. The summed E-state index contributed by atoms with van der Waals surface area (Å²) in [6.07, 6.45) is 4.13. The second-order valence-corrected chi connectivity index (χ2v) is 3.53. The smallest absolute Gasteiger partial charge is 0.0105 e. The van der Waals surface area contributed by atoms with Crippen molar-refractivity contribution in [3.8, 4) is 0 Å². The van der Waals surface area contributed by atoms with Crippen LogP contribution in [0.3, 0.4) is 0 Å². The van der Waals surface area contributed by atoms with E-state index in [9.17, 15) is 0 Å². The van der Waals surface area contributed by atoms with Crippen LogP contribution in [-0.4, -0.2) is 31.1 Å². The molecule has 1 fully saturated rings. The van der Waals surface area contributed by atoms with E-state index in [-0.39, 0.29) is 0 Å². The van der Waals surface area contributed by atoms with Crippen LogP contribution < -0.4 is 5.73 Å². The normalized spacial score (nSPS) is 26.2. The largest absolute Gasteiger partial charge is 0.329 e. The molecule has 0 unspecified atom stereocenters. The first kappa shape index (κ1) is 9.01. The van der Waals surface area contributed by atoms with Crippen LogP contribution in [0.5, 0.6) is 0 Å². The van der Waals surface area contributed by atoms with Gasteiger partial charge in [0.1, 0.15) is 0 Å². The van der Waals surface area contributed by atoms with Crippen molar-refractivity contribution in [1.82, 2.24) is 4.90 Å². The zero-order valence-corrected chi connectivity index (χ0v) is 7.55. The fraction of sp³-hybridized carbons (Fsp3) is 1.00. The lowest BCUT2D eigenvalue weighted by Gasteiger charge is -2.13. The van der Waals surface area contributed by atoms with Gasteiger partial charge >= 0.3 is 0 Å². The van der Waals surface area contributed by atoms with E-state index in [1.54, 1.807) is 0 Å². The number of nitrogens with zero attached hydrogens (tertiary/aromatic N) is 1. The van der Waals surface area contributed by atoms with Crippen LogP contribution in [0.15, 0.2) is 0 Å². The van der Waals surface area contributed by atoms with Gasteiger partial charge in [0.2, 0.25) is 0 Å². The van der Waals surface area contributed by atoms with E-state index in [1.165, 1.54) is 32.4 Å². The number of likely N-dealkylation sites (tertiary alicyclic amines) is 1. The molecule has 11 heavy (non-hydrogen) atoms. The summed E-state index contributed by atoms with van der Waals surface area (Å²) in [7, 11) is 0. The first-order valence-electron chi connectivity index (χ1n) is 4.79. The van der Waals surface area contributed by atoms with Gasteiger partial charge in [0, 0.05) is 19.6 Å². The average molecular weight is 156 g/mol. The van der Waals surface area contributed by atoms with Crippen molar-refractivity contribution in [1.29, 1.82) is 0 Å². The van der Waals surface area contributed by atoms with Crippen molar-refractivity contribution in [2.24, 2.45) is 11.7 Å². The Bertz CT molecular complexity index is 91.7. The molecule has 2 heteroatoms. The molecule has 0 aromatic heterocycles. The Kier molecular flexibility index (Phi) is 3.87. The highest BCUT2D eigenvalue weighted by atomic mass is 15.1. The van der Waals surface area contributed by atoms with Crippen LogP contribution >= 0.6 is 0 Å². The van der Waals surface area contributed by atoms with Gasteiger partial charge in [0.05, 0.1) is 0 Å². The van der Waals surface area contributed by atoms with Crippen LogP contribution in [0.2, 0.25) is 0 Å². The molecule has 0 aromatic carbocycles. The van der Waals surface area contributed by atoms with Crippen molar-refractivity contribution >= 4 is 0 Å². The lowest BCUT2D eigenvalue weighted by atomic mass is 10.0. The van der Waals surface area contributed by atoms with Crippen molar-refractivity contribution < 1.29 is 0 Å². The number of rotatable bonds is 4. The molecule has 1 rings (SSSR count). The van der Waals surface area contributed by atoms with Crippen molar-refractivity contribution in [3.63, 3.8) is 0 Å². The molecule has 0 aromatic rings. The van der Waals surface area contributed by atoms with Gasteiger partial charge in [0.25, 0.3) is 0 Å². The predicted octanol–water partition coefficient (Wildman–Crippen LogP) is 1.07. The number of hydrogen-bond acceptors (Lipinski definition) is 2. The fourth-order valence-electron chi connectivity index (χ4n) is 1.94. The Morgan fingerprint density at radius 2 is 2.36 bits per heavy atom. The van der Waals surface area contributed by atoms with Crippen LogP contribution in [0.1, 0.15) is 26.2 Å². The first-order valence-corrected chi connectivity index (χ1v) is 4.79. The molecule has 66 valence electrons. The summed E-state index contributed by atoms with van der Waals surface area (Å²) in [5, 5.41) is 0. The molecule has 0 radical (unpaired) electrons. The third-order valence-corrected chi connectivity index (χ3v) is 2.51. The van der Waals surface area contributed by atoms with Crippen molar-refractivity contribution in [2.75, 3.05) is 26.2 Å². The Morgan fingerprint density at radius 1 is 1.55 bits per heavy atom. The molecule has 2 N–H and O–H groups in total. The van der Waals surface area contributed by atoms with Gasteiger partial charge in [-0.05, 0) is 25.3 Å². The summed E-state index contributed by atoms with van der Waals surface area (Å²) in [4.78, 5) is 2.49. The van der Waals surface area contributed by atoms with Gasteiger partial charge in [-0.1, -0.05) is 13.3 Å². The number of hydrogen-bond donors (Lipinski definition) is 1. The molecule has 0 aliphatic carbocycles. The van der Waals surface area contributed by atoms with Crippen LogP contribution in [-0.2, 0) is 0 Å². The van der Waals surface area contributed by atoms with Crippen LogP contribution in [0.25, 0.3) is 0 Å². The van der Waals surface area contributed by atoms with Crippen molar-refractivity contribution in [2.45, 2.75) is 26.2 Å². The average Bonchev–Trinajstić information content (AvgIpc) is 2.38. The number of nitrogens with two attached hydrogens (primary N) is 1. The zero-order valence-electron chi connectivity index (χ0n) is 7.55. The van der Waals surface area contributed by atoms with Crippen LogP contribution in [0.4, 0.5) is 0 Å². The molecule has 1 atom stereocenters. The predicted molar refractivity (Wildman–Crippen MR) is 48.5 cm³/mol. The third-order valence-electron chi connectivity index (χ3n) is 2.51. The Morgan fingerprint density at radius 3 is 3.00 bits per heavy atom. The lowest BCUT2D eigenvalue weighted by molar-refractivity contribution is 0.329. The van der Waals surface area contributed by atoms with Gasteiger partial charge in [0.15, 0.2) is 0 Å². The molecule has 0 saturated carbocycles. The van der Waals surface area contributed by atoms with E-state index >= 15 is 0 Å². The standard InChI is InChI=1S/C9H20N2/c1-2-3-9-4-6-11(8-9)7-5-10/h9H,2-8,10H2,1H3/t9-/m0/s1. The minimum atomic E-state index is 0.818. The third kappa shape index (κ3) is 2.80. The molecule has 0 amide bonds. The van der Waals surface area contributed by atoms with Gasteiger partial charge in [-0.3, -0.25) is 0 Å². The highest BCUT2D eigenvalue weighted by molar-refractivity contribution is 4.74. The van der Waals surface area contributed by atoms with Gasteiger partial charge < -0.3 is 10.6 Å². The second-order valence-electron chi connectivity index (χ2n) is 3.53. The van der Waals surface area contributed by atoms with Gasteiger partial charge in [-0.15, -0.1) is 0 Å². The van der Waals surface area contributed by atoms with E-state index in [4.69, 9.17) is 5.73 Å². The fourth-order valence-corrected chi connectivity index (χ4v) is 1.94. The summed E-state index contributed by atoms with van der Waals surface area (Å²) in [5.41, 5.74) is 5.49. The Labute approximate surface area is 69.8 Å². The minimum Gasteiger partial charge on any atom is -0.329 e. The molecule has 0 bridgehead atoms. The monoisotopic (exact) mass is 156 g/mol. The van der Waals surface area contributed by atoms with E-state index in [2.05, 4.69) is 11.8 Å². The summed E-state index contributed by atoms with van der Waals surface area (Å²) in [5.74, 6) is 0.964. The van der Waals surface area contributed by atoms with E-state index in [1.807, 2.05) is 0 Å². The molecule has 1 aliphatic rings. The summed E-state index contributed by atoms with van der Waals surface area (Å²) >= 11 is 0. The molecule has 1 saturated heterocycles. The van der Waals surface area contributed by atoms with E-state index in [0.717, 1.165) is 19.0 Å². The minimum absolute atomic E-state index is 0.818. The maximum absolute atomic E-state index is 5.49. The van der Waals surface area contributed by atoms with E-state index in [0.29, 0.717) is 0 Å². The molecular weight excluding hydrogens is 136 g/mol. The zero-order chi connectivity index (χ0) is 8.10. The van der Waals surface area contributed by atoms with Gasteiger partial charge in [-0.2, -0.15) is 0 Å². The summed E-state index contributed by atoms with van der Waals surface area (Å²) in [6, 6.07) is 0. The summed E-state index contributed by atoms with van der Waals surface area (Å²) in [6.45, 7) is 6.76. The van der Waals surface area contributed by atoms with Crippen LogP contribution in [0, 0.1) is 5.92 Å². The summed E-state index contributed by atoms with van der Waals surface area (Å²) < 4.78 is 0. The lowest BCUT2D eigenvalue weighted by Crippen LogP contribution is -2.27. The first-order chi connectivity index (χ1) is 5.36. The molecule has 2 nitrogen and oxygen atoms in total. The second kappa shape index (κ2) is 4.73. The Hall–Kier alpha value is -0.0800. The Balaban J connectivity index is 2.12. The highest BCUT2D eigenvalue weighted by Crippen LogP contribution is 2.19. The molecule has 1 aliphatic heterocycles. The maximum atomic E-state index is 5.49. The SMILES string of the molecule is CCC[C@H]1CCN(CCN)C1. The molecular formula is C9H20N2. The highest BCUT2D eigenvalue weighted by Gasteiger charge is 2.20. The topological polar surface area (TPSA) is 29.3 Å².